The van der Waals surface area contributed by atoms with E-state index in [1.807, 2.05) is 13.8 Å². The van der Waals surface area contributed by atoms with Gasteiger partial charge in [0.1, 0.15) is 0 Å². The Bertz CT molecular complexity index is 827. The molecule has 2 heterocycles. The maximum absolute atomic E-state index is 12.4. The first kappa shape index (κ1) is 34.3. The lowest BCUT2D eigenvalue weighted by molar-refractivity contribution is -0.137. The van der Waals surface area contributed by atoms with Gasteiger partial charge in [0.2, 0.25) is 0 Å². The number of aryl methyl sites for hydroxylation is 2. The summed E-state index contributed by atoms with van der Waals surface area (Å²) in [5, 5.41) is 3.32. The summed E-state index contributed by atoms with van der Waals surface area (Å²) >= 11 is 1.69. The SMILES string of the molecule is CCCC.CCCC.CCCC(=O)c1cc2c(s1)CCNC2.CCCc1cc(C)cc(C(F)(F)F)c1. The second-order valence-corrected chi connectivity index (χ2v) is 10.3. The van der Waals surface area contributed by atoms with Crippen molar-refractivity contribution in [3.63, 3.8) is 0 Å². The number of unbranched alkanes of at least 4 members (excludes halogenated alkanes) is 2. The van der Waals surface area contributed by atoms with Crippen molar-refractivity contribution in [3.05, 3.63) is 56.3 Å². The van der Waals surface area contributed by atoms with Crippen LogP contribution in [0.2, 0.25) is 0 Å². The number of rotatable bonds is 7. The molecule has 0 saturated heterocycles. The highest BCUT2D eigenvalue weighted by molar-refractivity contribution is 7.14. The Hall–Kier alpha value is -1.66. The van der Waals surface area contributed by atoms with Gasteiger partial charge in [-0.25, -0.2) is 0 Å². The van der Waals surface area contributed by atoms with Crippen LogP contribution in [0.5, 0.6) is 0 Å². The number of hydrogen-bond donors (Lipinski definition) is 1. The summed E-state index contributed by atoms with van der Waals surface area (Å²) in [5.41, 5.74) is 2.23. The molecule has 36 heavy (non-hydrogen) atoms. The first-order valence-corrected chi connectivity index (χ1v) is 14.4. The van der Waals surface area contributed by atoms with Gasteiger partial charge in [-0.15, -0.1) is 11.3 Å². The number of ketones is 1. The fourth-order valence-corrected chi connectivity index (χ4v) is 4.35. The molecule has 0 amide bonds. The Morgan fingerprint density at radius 3 is 1.97 bits per heavy atom. The van der Waals surface area contributed by atoms with Crippen LogP contribution in [0.4, 0.5) is 13.2 Å². The van der Waals surface area contributed by atoms with Crippen molar-refractivity contribution in [2.75, 3.05) is 6.54 Å². The van der Waals surface area contributed by atoms with Gasteiger partial charge in [-0.3, -0.25) is 4.79 Å². The monoisotopic (exact) mass is 527 g/mol. The fraction of sp³-hybridized carbons (Fsp3) is 0.633. The van der Waals surface area contributed by atoms with E-state index in [9.17, 15) is 18.0 Å². The van der Waals surface area contributed by atoms with Crippen molar-refractivity contribution in [1.29, 1.82) is 0 Å². The standard InChI is InChI=1S/C11H13F3.C11H15NOS.2C4H10/c1-3-4-9-5-8(2)6-10(7-9)11(12,13)14;1-2-3-9(13)11-6-8-7-12-5-4-10(8)14-11;2*1-3-4-2/h5-7H,3-4H2,1-2H3;6,12H,2-5,7H2,1H3;2*3-4H2,1-2H3. The molecular weight excluding hydrogens is 479 g/mol. The summed E-state index contributed by atoms with van der Waals surface area (Å²) in [6, 6.07) is 6.29. The van der Waals surface area contributed by atoms with E-state index in [0.717, 1.165) is 42.8 Å². The molecule has 3 rings (SSSR count). The van der Waals surface area contributed by atoms with Crippen LogP contribution in [0.15, 0.2) is 24.3 Å². The molecule has 0 atom stereocenters. The van der Waals surface area contributed by atoms with E-state index in [1.54, 1.807) is 24.3 Å². The lowest BCUT2D eigenvalue weighted by Gasteiger charge is -2.10. The first-order valence-electron chi connectivity index (χ1n) is 13.6. The van der Waals surface area contributed by atoms with Crippen molar-refractivity contribution in [2.45, 2.75) is 119 Å². The molecule has 1 aliphatic heterocycles. The molecule has 1 N–H and O–H groups in total. The minimum atomic E-state index is -4.23. The molecule has 0 bridgehead atoms. The smallest absolute Gasteiger partial charge is 0.312 e. The molecule has 0 spiro atoms. The molecule has 0 saturated carbocycles. The van der Waals surface area contributed by atoms with E-state index >= 15 is 0 Å². The number of nitrogens with one attached hydrogen (secondary N) is 1. The average Bonchev–Trinajstić information content (AvgIpc) is 3.29. The highest BCUT2D eigenvalue weighted by Gasteiger charge is 2.30. The van der Waals surface area contributed by atoms with Crippen LogP contribution < -0.4 is 5.32 Å². The third kappa shape index (κ3) is 14.2. The van der Waals surface area contributed by atoms with Gasteiger partial charge in [-0.2, -0.15) is 13.2 Å². The Morgan fingerprint density at radius 1 is 0.889 bits per heavy atom. The number of alkyl halides is 3. The summed E-state index contributed by atoms with van der Waals surface area (Å²) in [5.74, 6) is 0.312. The number of thiophene rings is 1. The van der Waals surface area contributed by atoms with E-state index in [2.05, 4.69) is 39.1 Å². The van der Waals surface area contributed by atoms with Crippen LogP contribution in [0.3, 0.4) is 0 Å². The minimum Gasteiger partial charge on any atom is -0.312 e. The largest absolute Gasteiger partial charge is 0.416 e. The molecule has 0 aliphatic carbocycles. The summed E-state index contributed by atoms with van der Waals surface area (Å²) < 4.78 is 37.2. The maximum atomic E-state index is 12.4. The number of benzene rings is 1. The van der Waals surface area contributed by atoms with Crippen LogP contribution in [0.1, 0.15) is 123 Å². The predicted octanol–water partition coefficient (Wildman–Crippen LogP) is 9.96. The predicted molar refractivity (Wildman–Crippen MR) is 150 cm³/mol. The summed E-state index contributed by atoms with van der Waals surface area (Å²) in [6.45, 7) is 16.4. The number of carbonyl (C=O) groups is 1. The van der Waals surface area contributed by atoms with Gasteiger partial charge in [-0.05, 0) is 55.5 Å². The third-order valence-corrected chi connectivity index (χ3v) is 6.77. The quantitative estimate of drug-likeness (QED) is 0.363. The highest BCUT2D eigenvalue weighted by atomic mass is 32.1. The number of fused-ring (bicyclic) bond motifs is 1. The first-order chi connectivity index (χ1) is 17.1. The zero-order valence-corrected chi connectivity index (χ0v) is 24.4. The summed E-state index contributed by atoms with van der Waals surface area (Å²) in [4.78, 5) is 14.0. The molecular formula is C30H48F3NOS. The molecule has 0 unspecified atom stereocenters. The van der Waals surface area contributed by atoms with Crippen LogP contribution in [0, 0.1) is 6.92 Å². The minimum absolute atomic E-state index is 0.312. The van der Waals surface area contributed by atoms with E-state index in [-0.39, 0.29) is 0 Å². The zero-order chi connectivity index (χ0) is 27.6. The van der Waals surface area contributed by atoms with Crippen LogP contribution in [-0.2, 0) is 25.6 Å². The van der Waals surface area contributed by atoms with Crippen molar-refractivity contribution < 1.29 is 18.0 Å². The lowest BCUT2D eigenvalue weighted by atomic mass is 10.0. The normalized spacial score (nSPS) is 12.2. The van der Waals surface area contributed by atoms with E-state index < -0.39 is 11.7 Å². The highest BCUT2D eigenvalue weighted by Crippen LogP contribution is 2.31. The van der Waals surface area contributed by atoms with Gasteiger partial charge in [0.25, 0.3) is 0 Å². The number of halogens is 3. The van der Waals surface area contributed by atoms with Gasteiger partial charge in [0, 0.05) is 24.4 Å². The van der Waals surface area contributed by atoms with Gasteiger partial charge < -0.3 is 5.32 Å². The van der Waals surface area contributed by atoms with E-state index in [1.165, 1.54) is 48.3 Å². The zero-order valence-electron chi connectivity index (χ0n) is 23.5. The molecule has 2 aromatic rings. The molecule has 0 radical (unpaired) electrons. The summed E-state index contributed by atoms with van der Waals surface area (Å²) in [6.07, 6.45) is 5.33. The Morgan fingerprint density at radius 2 is 1.50 bits per heavy atom. The van der Waals surface area contributed by atoms with Gasteiger partial charge in [0.15, 0.2) is 5.78 Å². The number of carbonyl (C=O) groups excluding carboxylic acids is 1. The second-order valence-electron chi connectivity index (χ2n) is 9.11. The second kappa shape index (κ2) is 19.5. The van der Waals surface area contributed by atoms with Crippen molar-refractivity contribution in [1.82, 2.24) is 5.32 Å². The van der Waals surface area contributed by atoms with E-state index in [4.69, 9.17) is 0 Å². The van der Waals surface area contributed by atoms with Gasteiger partial charge >= 0.3 is 6.18 Å². The molecule has 1 aromatic heterocycles. The van der Waals surface area contributed by atoms with E-state index in [0.29, 0.717) is 24.2 Å². The Labute approximate surface area is 222 Å². The van der Waals surface area contributed by atoms with Crippen LogP contribution in [0.25, 0.3) is 0 Å². The molecule has 0 fully saturated rings. The summed E-state index contributed by atoms with van der Waals surface area (Å²) in [7, 11) is 0. The average molecular weight is 528 g/mol. The lowest BCUT2D eigenvalue weighted by Crippen LogP contribution is -2.21. The molecule has 206 valence electrons. The molecule has 6 heteroatoms. The van der Waals surface area contributed by atoms with Crippen molar-refractivity contribution in [2.24, 2.45) is 0 Å². The molecule has 1 aromatic carbocycles. The topological polar surface area (TPSA) is 29.1 Å². The Balaban J connectivity index is 0.000000527. The fourth-order valence-electron chi connectivity index (χ4n) is 3.20. The number of Topliss-reactive ketones (excluding diaryl/α,β-unsaturated/α-hetero) is 1. The van der Waals surface area contributed by atoms with Gasteiger partial charge in [0.05, 0.1) is 10.4 Å². The molecule has 2 nitrogen and oxygen atoms in total. The van der Waals surface area contributed by atoms with Crippen molar-refractivity contribution >= 4 is 17.1 Å². The molecule has 1 aliphatic rings. The van der Waals surface area contributed by atoms with Crippen molar-refractivity contribution in [3.8, 4) is 0 Å². The van der Waals surface area contributed by atoms with Crippen LogP contribution >= 0.6 is 11.3 Å². The van der Waals surface area contributed by atoms with Gasteiger partial charge in [-0.1, -0.05) is 85.3 Å². The third-order valence-electron chi connectivity index (χ3n) is 5.50. The maximum Gasteiger partial charge on any atom is 0.416 e. The number of hydrogen-bond acceptors (Lipinski definition) is 3. The van der Waals surface area contributed by atoms with Crippen LogP contribution in [-0.4, -0.2) is 12.3 Å². The Kier molecular flexibility index (Phi) is 18.6.